The normalized spacial score (nSPS) is 10.8. The van der Waals surface area contributed by atoms with E-state index in [1.165, 1.54) is 0 Å². The van der Waals surface area contributed by atoms with Gasteiger partial charge in [-0.05, 0) is 29.0 Å². The van der Waals surface area contributed by atoms with Crippen molar-refractivity contribution in [3.8, 4) is 11.4 Å². The maximum atomic E-state index is 5.22. The summed E-state index contributed by atoms with van der Waals surface area (Å²) >= 11 is 2.24. The van der Waals surface area contributed by atoms with Crippen LogP contribution in [0.4, 0.5) is 5.82 Å². The maximum absolute atomic E-state index is 5.22. The first-order chi connectivity index (χ1) is 9.60. The van der Waals surface area contributed by atoms with E-state index in [1.54, 1.807) is 11.8 Å². The van der Waals surface area contributed by atoms with Gasteiger partial charge in [-0.2, -0.15) is 5.10 Å². The van der Waals surface area contributed by atoms with Gasteiger partial charge in [-0.1, -0.05) is 6.92 Å². The zero-order valence-corrected chi connectivity index (χ0v) is 14.2. The van der Waals surface area contributed by atoms with Gasteiger partial charge in [-0.15, -0.1) is 0 Å². The zero-order chi connectivity index (χ0) is 14.7. The molecule has 0 aliphatic rings. The minimum absolute atomic E-state index is 0.462. The van der Waals surface area contributed by atoms with E-state index in [4.69, 9.17) is 4.74 Å². The van der Waals surface area contributed by atoms with E-state index in [2.05, 4.69) is 49.9 Å². The average molecular weight is 387 g/mol. The number of aromatic nitrogens is 4. The molecule has 2 aromatic heterocycles. The first-order valence-corrected chi connectivity index (χ1v) is 7.44. The van der Waals surface area contributed by atoms with Crippen LogP contribution in [0.3, 0.4) is 0 Å². The predicted octanol–water partition coefficient (Wildman–Crippen LogP) is 2.23. The van der Waals surface area contributed by atoms with E-state index in [0.29, 0.717) is 12.4 Å². The lowest BCUT2D eigenvalue weighted by Gasteiger charge is -2.10. The van der Waals surface area contributed by atoms with Crippen molar-refractivity contribution in [3.63, 3.8) is 0 Å². The van der Waals surface area contributed by atoms with Gasteiger partial charge < -0.3 is 10.1 Å². The fraction of sp³-hybridized carbons (Fsp3) is 0.462. The summed E-state index contributed by atoms with van der Waals surface area (Å²) in [6, 6.07) is 0. The molecule has 0 saturated heterocycles. The van der Waals surface area contributed by atoms with Gasteiger partial charge in [0, 0.05) is 27.4 Å². The van der Waals surface area contributed by atoms with Crippen LogP contribution in [-0.2, 0) is 24.8 Å². The second-order valence-electron chi connectivity index (χ2n) is 4.36. The molecular weight excluding hydrogens is 369 g/mol. The Morgan fingerprint density at radius 2 is 2.10 bits per heavy atom. The molecule has 0 aromatic carbocycles. The molecule has 108 valence electrons. The van der Waals surface area contributed by atoms with Crippen LogP contribution in [0.1, 0.15) is 18.3 Å². The Hall–Kier alpha value is -1.22. The maximum Gasteiger partial charge on any atom is 0.165 e. The number of ether oxygens (including phenoxy) is 1. The molecule has 20 heavy (non-hydrogen) atoms. The molecule has 2 heterocycles. The Morgan fingerprint density at radius 1 is 1.35 bits per heavy atom. The van der Waals surface area contributed by atoms with Gasteiger partial charge in [-0.25, -0.2) is 9.97 Å². The summed E-state index contributed by atoms with van der Waals surface area (Å²) in [7, 11) is 5.43. The highest BCUT2D eigenvalue weighted by Crippen LogP contribution is 2.26. The van der Waals surface area contributed by atoms with Crippen LogP contribution in [0.25, 0.3) is 11.4 Å². The minimum Gasteiger partial charge on any atom is -0.378 e. The topological polar surface area (TPSA) is 64.9 Å². The van der Waals surface area contributed by atoms with Crippen LogP contribution in [0, 0.1) is 3.57 Å². The van der Waals surface area contributed by atoms with Gasteiger partial charge in [0.25, 0.3) is 0 Å². The highest BCUT2D eigenvalue weighted by atomic mass is 127. The standard InChI is InChI=1S/C13H18IN5O/c1-5-9-8(6-19(3)18-9)12-16-10(7-20-4)11(14)13(15-2)17-12/h6H,5,7H2,1-4H3,(H,15,16,17). The van der Waals surface area contributed by atoms with Crippen molar-refractivity contribution in [2.24, 2.45) is 7.05 Å². The van der Waals surface area contributed by atoms with Gasteiger partial charge >= 0.3 is 0 Å². The molecule has 6 nitrogen and oxygen atoms in total. The second kappa shape index (κ2) is 6.49. The van der Waals surface area contributed by atoms with Crippen LogP contribution in [-0.4, -0.2) is 33.9 Å². The van der Waals surface area contributed by atoms with Crippen molar-refractivity contribution in [1.82, 2.24) is 19.7 Å². The number of methoxy groups -OCH3 is 1. The second-order valence-corrected chi connectivity index (χ2v) is 5.43. The highest BCUT2D eigenvalue weighted by Gasteiger charge is 2.16. The van der Waals surface area contributed by atoms with Crippen molar-refractivity contribution in [3.05, 3.63) is 21.2 Å². The van der Waals surface area contributed by atoms with Gasteiger partial charge in [0.1, 0.15) is 5.82 Å². The fourth-order valence-corrected chi connectivity index (χ4v) is 2.66. The first kappa shape index (κ1) is 15.2. The van der Waals surface area contributed by atoms with E-state index in [1.807, 2.05) is 20.3 Å². The Bertz CT molecular complexity index is 611. The summed E-state index contributed by atoms with van der Waals surface area (Å²) < 4.78 is 8.00. The molecule has 0 atom stereocenters. The summed E-state index contributed by atoms with van der Waals surface area (Å²) in [6.07, 6.45) is 2.80. The Labute approximate surface area is 132 Å². The van der Waals surface area contributed by atoms with Crippen LogP contribution in [0.15, 0.2) is 6.20 Å². The van der Waals surface area contributed by atoms with E-state index in [9.17, 15) is 0 Å². The summed E-state index contributed by atoms with van der Waals surface area (Å²) in [6.45, 7) is 2.54. The molecule has 2 rings (SSSR count). The molecule has 0 spiro atoms. The number of hydrogen-bond acceptors (Lipinski definition) is 5. The third-order valence-electron chi connectivity index (χ3n) is 2.92. The molecule has 0 radical (unpaired) electrons. The molecule has 7 heteroatoms. The summed E-state index contributed by atoms with van der Waals surface area (Å²) in [4.78, 5) is 9.21. The number of halogens is 1. The fourth-order valence-electron chi connectivity index (χ4n) is 1.99. The number of anilines is 1. The molecule has 0 saturated carbocycles. The minimum atomic E-state index is 0.462. The van der Waals surface area contributed by atoms with Gasteiger partial charge in [0.05, 0.1) is 27.1 Å². The van der Waals surface area contributed by atoms with Crippen molar-refractivity contribution in [2.75, 3.05) is 19.5 Å². The lowest BCUT2D eigenvalue weighted by atomic mass is 10.2. The molecule has 1 N–H and O–H groups in total. The quantitative estimate of drug-likeness (QED) is 0.798. The van der Waals surface area contributed by atoms with Crippen molar-refractivity contribution in [2.45, 2.75) is 20.0 Å². The molecular formula is C13H18IN5O. The molecule has 0 unspecified atom stereocenters. The third-order valence-corrected chi connectivity index (χ3v) is 4.05. The summed E-state index contributed by atoms with van der Waals surface area (Å²) in [5.41, 5.74) is 2.85. The van der Waals surface area contributed by atoms with Crippen LogP contribution < -0.4 is 5.32 Å². The Balaban J connectivity index is 2.58. The van der Waals surface area contributed by atoms with Crippen LogP contribution in [0.5, 0.6) is 0 Å². The van der Waals surface area contributed by atoms with Crippen molar-refractivity contribution >= 4 is 28.4 Å². The Kier molecular flexibility index (Phi) is 4.92. The highest BCUT2D eigenvalue weighted by molar-refractivity contribution is 14.1. The predicted molar refractivity (Wildman–Crippen MR) is 86.6 cm³/mol. The first-order valence-electron chi connectivity index (χ1n) is 6.36. The van der Waals surface area contributed by atoms with E-state index in [0.717, 1.165) is 32.8 Å². The SMILES string of the molecule is CCc1nn(C)cc1-c1nc(COC)c(I)c(NC)n1. The van der Waals surface area contributed by atoms with E-state index in [-0.39, 0.29) is 0 Å². The van der Waals surface area contributed by atoms with Gasteiger partial charge in [0.15, 0.2) is 5.82 Å². The van der Waals surface area contributed by atoms with Gasteiger partial charge in [0.2, 0.25) is 0 Å². The summed E-state index contributed by atoms with van der Waals surface area (Å²) in [5.74, 6) is 1.50. The number of aryl methyl sites for hydroxylation is 2. The largest absolute Gasteiger partial charge is 0.378 e. The number of nitrogens with zero attached hydrogens (tertiary/aromatic N) is 4. The van der Waals surface area contributed by atoms with Crippen LogP contribution in [0.2, 0.25) is 0 Å². The Morgan fingerprint density at radius 3 is 2.70 bits per heavy atom. The molecule has 0 amide bonds. The summed E-state index contributed by atoms with van der Waals surface area (Å²) in [5, 5.41) is 7.55. The smallest absolute Gasteiger partial charge is 0.165 e. The van der Waals surface area contributed by atoms with E-state index < -0.39 is 0 Å². The number of hydrogen-bond donors (Lipinski definition) is 1. The van der Waals surface area contributed by atoms with Gasteiger partial charge in [-0.3, -0.25) is 4.68 Å². The lowest BCUT2D eigenvalue weighted by molar-refractivity contribution is 0.181. The van der Waals surface area contributed by atoms with Crippen molar-refractivity contribution < 1.29 is 4.74 Å². The third kappa shape index (κ3) is 2.93. The monoisotopic (exact) mass is 387 g/mol. The van der Waals surface area contributed by atoms with Crippen LogP contribution >= 0.6 is 22.6 Å². The van der Waals surface area contributed by atoms with E-state index >= 15 is 0 Å². The molecule has 0 aliphatic carbocycles. The lowest BCUT2D eigenvalue weighted by Crippen LogP contribution is -2.06. The molecule has 0 aliphatic heterocycles. The zero-order valence-electron chi connectivity index (χ0n) is 12.1. The van der Waals surface area contributed by atoms with Crippen molar-refractivity contribution in [1.29, 1.82) is 0 Å². The average Bonchev–Trinajstić information content (AvgIpc) is 2.82. The number of nitrogens with one attached hydrogen (secondary N) is 1. The molecule has 2 aromatic rings. The number of rotatable bonds is 5. The molecule has 0 bridgehead atoms. The molecule has 0 fully saturated rings.